The van der Waals surface area contributed by atoms with Crippen molar-refractivity contribution in [2.24, 2.45) is 0 Å². The SMILES string of the molecule is COc1ccc2c(c1)c(CC(=O)OCN1CCCC1=O)c(C)n2C(=O)c1ccc(Cl)cc1. The molecule has 0 N–H and O–H groups in total. The lowest BCUT2D eigenvalue weighted by Crippen LogP contribution is -2.29. The number of fused-ring (bicyclic) bond motifs is 1. The zero-order valence-electron chi connectivity index (χ0n) is 17.9. The second-order valence-electron chi connectivity index (χ2n) is 7.68. The normalized spacial score (nSPS) is 13.6. The number of esters is 1. The minimum absolute atomic E-state index is 0.0103. The van der Waals surface area contributed by atoms with E-state index in [9.17, 15) is 14.4 Å². The molecule has 0 aliphatic carbocycles. The molecule has 3 aromatic rings. The summed E-state index contributed by atoms with van der Waals surface area (Å²) in [6, 6.07) is 12.0. The van der Waals surface area contributed by atoms with Gasteiger partial charge in [0.2, 0.25) is 5.91 Å². The predicted molar refractivity (Wildman–Crippen MR) is 120 cm³/mol. The molecule has 4 rings (SSSR count). The van der Waals surface area contributed by atoms with Crippen LogP contribution in [0.25, 0.3) is 10.9 Å². The second-order valence-corrected chi connectivity index (χ2v) is 8.11. The lowest BCUT2D eigenvalue weighted by Gasteiger charge is -2.15. The topological polar surface area (TPSA) is 77.8 Å². The van der Waals surface area contributed by atoms with Gasteiger partial charge in [-0.05, 0) is 61.4 Å². The fourth-order valence-electron chi connectivity index (χ4n) is 3.98. The fourth-order valence-corrected chi connectivity index (χ4v) is 4.11. The van der Waals surface area contributed by atoms with Gasteiger partial charge < -0.3 is 14.4 Å². The number of halogens is 1. The molecule has 0 saturated carbocycles. The van der Waals surface area contributed by atoms with Crippen LogP contribution in [0.4, 0.5) is 0 Å². The molecule has 2 aromatic carbocycles. The van der Waals surface area contributed by atoms with Crippen molar-refractivity contribution in [2.75, 3.05) is 20.4 Å². The van der Waals surface area contributed by atoms with E-state index in [4.69, 9.17) is 21.1 Å². The Morgan fingerprint density at radius 3 is 2.53 bits per heavy atom. The van der Waals surface area contributed by atoms with Gasteiger partial charge in [0.1, 0.15) is 5.75 Å². The van der Waals surface area contributed by atoms with Crippen LogP contribution in [0, 0.1) is 6.92 Å². The molecular formula is C24H23ClN2O5. The Kier molecular flexibility index (Phi) is 6.19. The van der Waals surface area contributed by atoms with Crippen LogP contribution in [0.15, 0.2) is 42.5 Å². The summed E-state index contributed by atoms with van der Waals surface area (Å²) in [4.78, 5) is 39.2. The van der Waals surface area contributed by atoms with Crippen LogP contribution >= 0.6 is 11.6 Å². The molecule has 1 amide bonds. The molecule has 166 valence electrons. The summed E-state index contributed by atoms with van der Waals surface area (Å²) in [5.41, 5.74) is 2.47. The zero-order valence-corrected chi connectivity index (χ0v) is 18.6. The maximum absolute atomic E-state index is 13.3. The molecular weight excluding hydrogens is 432 g/mol. The van der Waals surface area contributed by atoms with Gasteiger partial charge in [-0.25, -0.2) is 0 Å². The number of hydrogen-bond donors (Lipinski definition) is 0. The molecule has 0 radical (unpaired) electrons. The van der Waals surface area contributed by atoms with E-state index in [0.717, 1.165) is 11.8 Å². The number of amides is 1. The van der Waals surface area contributed by atoms with Crippen LogP contribution in [-0.2, 0) is 20.7 Å². The van der Waals surface area contributed by atoms with Crippen molar-refractivity contribution in [3.8, 4) is 5.75 Å². The molecule has 0 unspecified atom stereocenters. The maximum Gasteiger partial charge on any atom is 0.312 e. The van der Waals surface area contributed by atoms with Crippen LogP contribution in [0.3, 0.4) is 0 Å². The molecule has 1 saturated heterocycles. The molecule has 2 heterocycles. The predicted octanol–water partition coefficient (Wildman–Crippen LogP) is 3.97. The number of benzene rings is 2. The number of rotatable bonds is 6. The highest BCUT2D eigenvalue weighted by Crippen LogP contribution is 2.31. The van der Waals surface area contributed by atoms with E-state index >= 15 is 0 Å². The molecule has 1 aromatic heterocycles. The highest BCUT2D eigenvalue weighted by atomic mass is 35.5. The lowest BCUT2D eigenvalue weighted by atomic mass is 10.1. The average molecular weight is 455 g/mol. The van der Waals surface area contributed by atoms with Crippen molar-refractivity contribution in [3.05, 3.63) is 64.3 Å². The first-order valence-electron chi connectivity index (χ1n) is 10.3. The van der Waals surface area contributed by atoms with Gasteiger partial charge in [0, 0.05) is 34.6 Å². The molecule has 7 nitrogen and oxygen atoms in total. The second kappa shape index (κ2) is 9.04. The van der Waals surface area contributed by atoms with Gasteiger partial charge >= 0.3 is 5.97 Å². The summed E-state index contributed by atoms with van der Waals surface area (Å²) in [5.74, 6) is -0.0834. The molecule has 0 bridgehead atoms. The number of aromatic nitrogens is 1. The van der Waals surface area contributed by atoms with E-state index in [1.165, 1.54) is 4.90 Å². The van der Waals surface area contributed by atoms with Crippen LogP contribution in [0.5, 0.6) is 5.75 Å². The van der Waals surface area contributed by atoms with Gasteiger partial charge in [-0.2, -0.15) is 0 Å². The van der Waals surface area contributed by atoms with Crippen molar-refractivity contribution in [1.82, 2.24) is 9.47 Å². The van der Waals surface area contributed by atoms with Gasteiger partial charge in [-0.1, -0.05) is 11.6 Å². The molecule has 0 spiro atoms. The largest absolute Gasteiger partial charge is 0.497 e. The quantitative estimate of drug-likeness (QED) is 0.527. The summed E-state index contributed by atoms with van der Waals surface area (Å²) < 4.78 is 12.3. The summed E-state index contributed by atoms with van der Waals surface area (Å²) in [7, 11) is 1.56. The number of carbonyl (C=O) groups excluding carboxylic acids is 3. The van der Waals surface area contributed by atoms with E-state index in [1.54, 1.807) is 61.1 Å². The minimum Gasteiger partial charge on any atom is -0.497 e. The number of hydrogen-bond acceptors (Lipinski definition) is 5. The van der Waals surface area contributed by atoms with E-state index in [2.05, 4.69) is 0 Å². The van der Waals surface area contributed by atoms with Crippen LogP contribution in [-0.4, -0.2) is 47.6 Å². The number of nitrogens with zero attached hydrogens (tertiary/aromatic N) is 2. The van der Waals surface area contributed by atoms with E-state index in [1.807, 2.05) is 0 Å². The fraction of sp³-hybridized carbons (Fsp3) is 0.292. The number of carbonyl (C=O) groups is 3. The Labute approximate surface area is 190 Å². The Morgan fingerprint density at radius 2 is 1.88 bits per heavy atom. The Hall–Kier alpha value is -3.32. The van der Waals surface area contributed by atoms with Crippen molar-refractivity contribution in [2.45, 2.75) is 26.2 Å². The maximum atomic E-state index is 13.3. The van der Waals surface area contributed by atoms with Gasteiger partial charge in [-0.3, -0.25) is 19.0 Å². The molecule has 8 heteroatoms. The van der Waals surface area contributed by atoms with Crippen molar-refractivity contribution >= 4 is 40.3 Å². The van der Waals surface area contributed by atoms with E-state index < -0.39 is 5.97 Å². The summed E-state index contributed by atoms with van der Waals surface area (Å²) in [6.07, 6.45) is 1.23. The first-order chi connectivity index (χ1) is 15.4. The Balaban J connectivity index is 1.67. The van der Waals surface area contributed by atoms with E-state index in [0.29, 0.717) is 46.1 Å². The highest BCUT2D eigenvalue weighted by molar-refractivity contribution is 6.30. The van der Waals surface area contributed by atoms with Crippen LogP contribution < -0.4 is 4.74 Å². The molecule has 32 heavy (non-hydrogen) atoms. The standard InChI is InChI=1S/C24H23ClN2O5/c1-15-19(13-23(29)32-14-26-11-3-4-22(26)28)20-12-18(31-2)9-10-21(20)27(15)24(30)16-5-7-17(25)8-6-16/h5-10,12H,3-4,11,13-14H2,1-2H3. The molecule has 1 aliphatic heterocycles. The summed E-state index contributed by atoms with van der Waals surface area (Å²) in [6.45, 7) is 2.34. The monoisotopic (exact) mass is 454 g/mol. The zero-order chi connectivity index (χ0) is 22.8. The highest BCUT2D eigenvalue weighted by Gasteiger charge is 2.24. The number of likely N-dealkylation sites (tertiary alicyclic amines) is 1. The van der Waals surface area contributed by atoms with Crippen LogP contribution in [0.2, 0.25) is 5.02 Å². The Morgan fingerprint density at radius 1 is 1.12 bits per heavy atom. The van der Waals surface area contributed by atoms with Crippen molar-refractivity contribution < 1.29 is 23.9 Å². The third kappa shape index (κ3) is 4.21. The third-order valence-electron chi connectivity index (χ3n) is 5.71. The van der Waals surface area contributed by atoms with Gasteiger partial charge in [0.15, 0.2) is 6.73 Å². The van der Waals surface area contributed by atoms with Gasteiger partial charge in [0.05, 0.1) is 19.0 Å². The molecule has 0 atom stereocenters. The minimum atomic E-state index is -0.464. The average Bonchev–Trinajstić information content (AvgIpc) is 3.32. The first-order valence-corrected chi connectivity index (χ1v) is 10.7. The molecule has 1 aliphatic rings. The van der Waals surface area contributed by atoms with E-state index in [-0.39, 0.29) is 25.0 Å². The van der Waals surface area contributed by atoms with Crippen molar-refractivity contribution in [1.29, 1.82) is 0 Å². The third-order valence-corrected chi connectivity index (χ3v) is 5.96. The van der Waals surface area contributed by atoms with Crippen molar-refractivity contribution in [3.63, 3.8) is 0 Å². The lowest BCUT2D eigenvalue weighted by molar-refractivity contribution is -0.150. The summed E-state index contributed by atoms with van der Waals surface area (Å²) in [5, 5.41) is 1.28. The van der Waals surface area contributed by atoms with Gasteiger partial charge in [-0.15, -0.1) is 0 Å². The van der Waals surface area contributed by atoms with Crippen LogP contribution in [0.1, 0.15) is 34.5 Å². The summed E-state index contributed by atoms with van der Waals surface area (Å²) >= 11 is 5.96. The Bertz CT molecular complexity index is 1200. The first kappa shape index (κ1) is 21.9. The smallest absolute Gasteiger partial charge is 0.312 e. The molecule has 1 fully saturated rings. The number of ether oxygens (including phenoxy) is 2. The van der Waals surface area contributed by atoms with Gasteiger partial charge in [0.25, 0.3) is 5.91 Å². The number of methoxy groups -OCH3 is 1.